The van der Waals surface area contributed by atoms with Crippen molar-refractivity contribution in [3.05, 3.63) is 37.2 Å². The minimum absolute atomic E-state index is 0.00904. The molecule has 2 aromatic rings. The average Bonchev–Trinajstić information content (AvgIpc) is 2.73. The highest BCUT2D eigenvalue weighted by atomic mass is 35.5. The van der Waals surface area contributed by atoms with Gasteiger partial charge in [-0.05, 0) is 25.5 Å². The van der Waals surface area contributed by atoms with Crippen LogP contribution in [0, 0.1) is 17.0 Å². The Bertz CT molecular complexity index is 646. The van der Waals surface area contributed by atoms with Crippen LogP contribution in [0.1, 0.15) is 10.6 Å². The Morgan fingerprint density at radius 2 is 2.25 bits per heavy atom. The number of aromatic nitrogens is 2. The molecule has 0 aliphatic heterocycles. The zero-order valence-electron chi connectivity index (χ0n) is 10.6. The normalized spacial score (nSPS) is 10.5. The lowest BCUT2D eigenvalue weighted by atomic mass is 10.3. The van der Waals surface area contributed by atoms with Crippen molar-refractivity contribution in [2.45, 2.75) is 13.3 Å². The summed E-state index contributed by atoms with van der Waals surface area (Å²) < 4.78 is 0.716. The second kappa shape index (κ2) is 6.02. The SMILES string of the molecule is Cc1nc(N)nc(NCCc2ccc(Cl)s2)c1[N+](=O)[O-]. The molecule has 106 valence electrons. The van der Waals surface area contributed by atoms with Gasteiger partial charge < -0.3 is 11.1 Å². The molecule has 0 aromatic carbocycles. The molecule has 0 radical (unpaired) electrons. The molecule has 0 saturated heterocycles. The molecule has 0 atom stereocenters. The molecule has 0 aliphatic rings. The van der Waals surface area contributed by atoms with E-state index in [1.807, 2.05) is 12.1 Å². The van der Waals surface area contributed by atoms with Gasteiger partial charge in [0.15, 0.2) is 0 Å². The van der Waals surface area contributed by atoms with Crippen molar-refractivity contribution in [3.8, 4) is 0 Å². The predicted octanol–water partition coefficient (Wildman–Crippen LogP) is 2.64. The molecule has 2 aromatic heterocycles. The number of nitrogens with zero attached hydrogens (tertiary/aromatic N) is 3. The summed E-state index contributed by atoms with van der Waals surface area (Å²) in [6.07, 6.45) is 0.692. The maximum Gasteiger partial charge on any atom is 0.332 e. The van der Waals surface area contributed by atoms with Gasteiger partial charge in [-0.3, -0.25) is 10.1 Å². The molecule has 0 bridgehead atoms. The Balaban J connectivity index is 2.10. The van der Waals surface area contributed by atoms with E-state index in [1.165, 1.54) is 18.3 Å². The lowest BCUT2D eigenvalue weighted by molar-refractivity contribution is -0.385. The second-order valence-electron chi connectivity index (χ2n) is 4.00. The van der Waals surface area contributed by atoms with Crippen LogP contribution in [-0.2, 0) is 6.42 Å². The van der Waals surface area contributed by atoms with Gasteiger partial charge in [-0.1, -0.05) is 11.6 Å². The van der Waals surface area contributed by atoms with Gasteiger partial charge >= 0.3 is 5.69 Å². The molecule has 20 heavy (non-hydrogen) atoms. The Labute approximate surface area is 124 Å². The minimum Gasteiger partial charge on any atom is -0.368 e. The minimum atomic E-state index is -0.515. The molecule has 0 aliphatic carbocycles. The molecule has 0 saturated carbocycles. The average molecular weight is 314 g/mol. The van der Waals surface area contributed by atoms with Crippen molar-refractivity contribution in [2.24, 2.45) is 0 Å². The molecule has 3 N–H and O–H groups in total. The number of aryl methyl sites for hydroxylation is 1. The Kier molecular flexibility index (Phi) is 4.35. The van der Waals surface area contributed by atoms with Gasteiger partial charge in [-0.15, -0.1) is 11.3 Å². The van der Waals surface area contributed by atoms with Crippen LogP contribution in [0.4, 0.5) is 17.5 Å². The second-order valence-corrected chi connectivity index (χ2v) is 5.80. The van der Waals surface area contributed by atoms with Crippen molar-refractivity contribution < 1.29 is 4.92 Å². The molecule has 0 unspecified atom stereocenters. The summed E-state index contributed by atoms with van der Waals surface area (Å²) in [5, 5.41) is 13.9. The fourth-order valence-electron chi connectivity index (χ4n) is 1.72. The number of hydrogen-bond acceptors (Lipinski definition) is 7. The van der Waals surface area contributed by atoms with Crippen LogP contribution in [-0.4, -0.2) is 21.4 Å². The van der Waals surface area contributed by atoms with Gasteiger partial charge in [0.1, 0.15) is 5.69 Å². The third-order valence-electron chi connectivity index (χ3n) is 2.55. The monoisotopic (exact) mass is 313 g/mol. The molecular weight excluding hydrogens is 302 g/mol. The number of rotatable bonds is 5. The summed E-state index contributed by atoms with van der Waals surface area (Å²) in [6, 6.07) is 3.74. The summed E-state index contributed by atoms with van der Waals surface area (Å²) in [7, 11) is 0. The van der Waals surface area contributed by atoms with Crippen LogP contribution in [0.5, 0.6) is 0 Å². The van der Waals surface area contributed by atoms with E-state index in [2.05, 4.69) is 15.3 Å². The van der Waals surface area contributed by atoms with E-state index in [-0.39, 0.29) is 23.1 Å². The van der Waals surface area contributed by atoms with Crippen LogP contribution in [0.25, 0.3) is 0 Å². The lowest BCUT2D eigenvalue weighted by Crippen LogP contribution is -2.11. The van der Waals surface area contributed by atoms with E-state index >= 15 is 0 Å². The number of hydrogen-bond donors (Lipinski definition) is 2. The fraction of sp³-hybridized carbons (Fsp3) is 0.273. The quantitative estimate of drug-likeness (QED) is 0.649. The van der Waals surface area contributed by atoms with Crippen molar-refractivity contribution >= 4 is 40.4 Å². The summed E-state index contributed by atoms with van der Waals surface area (Å²) in [4.78, 5) is 19.3. The first-order chi connectivity index (χ1) is 9.47. The number of nitrogens with two attached hydrogens (primary N) is 1. The highest BCUT2D eigenvalue weighted by Crippen LogP contribution is 2.26. The number of anilines is 2. The predicted molar refractivity (Wildman–Crippen MR) is 79.4 cm³/mol. The van der Waals surface area contributed by atoms with E-state index in [9.17, 15) is 10.1 Å². The molecule has 2 heterocycles. The van der Waals surface area contributed by atoms with E-state index in [4.69, 9.17) is 17.3 Å². The maximum atomic E-state index is 11.0. The molecule has 2 rings (SSSR count). The highest BCUT2D eigenvalue weighted by molar-refractivity contribution is 7.16. The molecule has 9 heteroatoms. The van der Waals surface area contributed by atoms with Crippen molar-refractivity contribution in [3.63, 3.8) is 0 Å². The summed E-state index contributed by atoms with van der Waals surface area (Å²) in [5.74, 6) is 0.150. The Morgan fingerprint density at radius 3 is 2.85 bits per heavy atom. The van der Waals surface area contributed by atoms with E-state index in [1.54, 1.807) is 0 Å². The van der Waals surface area contributed by atoms with Crippen molar-refractivity contribution in [1.82, 2.24) is 9.97 Å². The van der Waals surface area contributed by atoms with Gasteiger partial charge in [0, 0.05) is 11.4 Å². The van der Waals surface area contributed by atoms with Gasteiger partial charge in [0.25, 0.3) is 0 Å². The molecular formula is C11H12ClN5O2S. The lowest BCUT2D eigenvalue weighted by Gasteiger charge is -2.07. The number of nitro groups is 1. The zero-order valence-corrected chi connectivity index (χ0v) is 12.2. The molecule has 0 fully saturated rings. The Morgan fingerprint density at radius 1 is 1.50 bits per heavy atom. The topological polar surface area (TPSA) is 107 Å². The first-order valence-electron chi connectivity index (χ1n) is 5.74. The van der Waals surface area contributed by atoms with E-state index in [0.717, 1.165) is 4.88 Å². The standard InChI is InChI=1S/C11H12ClN5O2S/c1-6-9(17(18)19)10(16-11(13)15-6)14-5-4-7-2-3-8(12)20-7/h2-3H,4-5H2,1H3,(H3,13,14,15,16). The first kappa shape index (κ1) is 14.5. The highest BCUT2D eigenvalue weighted by Gasteiger charge is 2.21. The van der Waals surface area contributed by atoms with Crippen LogP contribution in [0.2, 0.25) is 4.34 Å². The summed E-state index contributed by atoms with van der Waals surface area (Å²) in [6.45, 7) is 2.02. The zero-order chi connectivity index (χ0) is 14.7. The third-order valence-corrected chi connectivity index (χ3v) is 3.84. The van der Waals surface area contributed by atoms with Gasteiger partial charge in [0.2, 0.25) is 11.8 Å². The number of thiophene rings is 1. The van der Waals surface area contributed by atoms with Gasteiger partial charge in [0.05, 0.1) is 9.26 Å². The smallest absolute Gasteiger partial charge is 0.332 e. The fourth-order valence-corrected chi connectivity index (χ4v) is 2.81. The maximum absolute atomic E-state index is 11.0. The van der Waals surface area contributed by atoms with Crippen LogP contribution in [0.3, 0.4) is 0 Å². The molecule has 0 spiro atoms. The number of nitrogen functional groups attached to an aromatic ring is 1. The number of nitrogens with one attached hydrogen (secondary N) is 1. The van der Waals surface area contributed by atoms with Gasteiger partial charge in [-0.2, -0.15) is 4.98 Å². The van der Waals surface area contributed by atoms with Crippen molar-refractivity contribution in [1.29, 1.82) is 0 Å². The summed E-state index contributed by atoms with van der Waals surface area (Å²) >= 11 is 7.31. The van der Waals surface area contributed by atoms with Crippen LogP contribution < -0.4 is 11.1 Å². The third kappa shape index (κ3) is 3.34. The molecule has 0 amide bonds. The van der Waals surface area contributed by atoms with E-state index < -0.39 is 4.92 Å². The largest absolute Gasteiger partial charge is 0.368 e. The Hall–Kier alpha value is -1.93. The number of halogens is 1. The van der Waals surface area contributed by atoms with Crippen LogP contribution in [0.15, 0.2) is 12.1 Å². The molecule has 7 nitrogen and oxygen atoms in total. The van der Waals surface area contributed by atoms with Gasteiger partial charge in [-0.25, -0.2) is 4.98 Å². The van der Waals surface area contributed by atoms with E-state index in [0.29, 0.717) is 17.3 Å². The van der Waals surface area contributed by atoms with Crippen LogP contribution >= 0.6 is 22.9 Å². The first-order valence-corrected chi connectivity index (χ1v) is 6.93. The van der Waals surface area contributed by atoms with Crippen molar-refractivity contribution in [2.75, 3.05) is 17.6 Å². The summed E-state index contributed by atoms with van der Waals surface area (Å²) in [5.41, 5.74) is 5.60.